The molecule has 0 aliphatic heterocycles. The molecule has 0 saturated carbocycles. The summed E-state index contributed by atoms with van der Waals surface area (Å²) in [7, 11) is 0. The predicted molar refractivity (Wildman–Crippen MR) is 35.6 cm³/mol. The van der Waals surface area contributed by atoms with Crippen molar-refractivity contribution in [2.24, 2.45) is 0 Å². The highest BCUT2D eigenvalue weighted by Crippen LogP contribution is 1.95. The fourth-order valence-corrected chi connectivity index (χ4v) is 0.665. The Balaban J connectivity index is 2.72. The van der Waals surface area contributed by atoms with E-state index in [0.29, 0.717) is 6.54 Å². The Kier molecular flexibility index (Phi) is 1.96. The summed E-state index contributed by atoms with van der Waals surface area (Å²) in [6.45, 7) is 0.390. The van der Waals surface area contributed by atoms with Crippen LogP contribution in [0.25, 0.3) is 5.53 Å². The van der Waals surface area contributed by atoms with E-state index in [1.807, 2.05) is 30.3 Å². The van der Waals surface area contributed by atoms with Crippen LogP contribution in [0.15, 0.2) is 30.3 Å². The van der Waals surface area contributed by atoms with Gasteiger partial charge in [0.1, 0.15) is 0 Å². The van der Waals surface area contributed by atoms with E-state index in [1.165, 1.54) is 0 Å². The Labute approximate surface area is 54.0 Å². The zero-order valence-electron chi connectivity index (χ0n) is 4.99. The maximum absolute atomic E-state index is 8.14. The lowest BCUT2D eigenvalue weighted by atomic mass is 10.2. The van der Waals surface area contributed by atoms with E-state index in [1.54, 1.807) is 0 Å². The molecule has 9 heavy (non-hydrogen) atoms. The summed E-state index contributed by atoms with van der Waals surface area (Å²) in [6.07, 6.45) is 0. The van der Waals surface area contributed by atoms with Crippen LogP contribution in [0.2, 0.25) is 0 Å². The molecular formula is C7H7N2. The van der Waals surface area contributed by atoms with Crippen LogP contribution >= 0.6 is 0 Å². The van der Waals surface area contributed by atoms with Crippen molar-refractivity contribution in [3.05, 3.63) is 41.4 Å². The van der Waals surface area contributed by atoms with Gasteiger partial charge in [0.25, 0.3) is 0 Å². The first kappa shape index (κ1) is 5.95. The van der Waals surface area contributed by atoms with Crippen molar-refractivity contribution in [3.63, 3.8) is 0 Å². The third kappa shape index (κ3) is 1.64. The second-order valence-corrected chi connectivity index (χ2v) is 1.79. The minimum absolute atomic E-state index is 0.390. The second-order valence-electron chi connectivity index (χ2n) is 1.79. The third-order valence-electron chi connectivity index (χ3n) is 1.10. The van der Waals surface area contributed by atoms with Crippen molar-refractivity contribution in [1.82, 2.24) is 5.11 Å². The highest BCUT2D eigenvalue weighted by atomic mass is 14.9. The zero-order valence-corrected chi connectivity index (χ0v) is 4.99. The highest BCUT2D eigenvalue weighted by Gasteiger charge is 1.89. The Morgan fingerprint density at radius 2 is 1.89 bits per heavy atom. The van der Waals surface area contributed by atoms with Crippen LogP contribution in [-0.4, -0.2) is 0 Å². The van der Waals surface area contributed by atoms with Crippen molar-refractivity contribution < 1.29 is 0 Å². The van der Waals surface area contributed by atoms with Crippen LogP contribution < -0.4 is 5.11 Å². The maximum atomic E-state index is 8.14. The number of rotatable bonds is 2. The van der Waals surface area contributed by atoms with Crippen LogP contribution in [0.4, 0.5) is 0 Å². The second kappa shape index (κ2) is 2.97. The molecule has 45 valence electrons. The molecule has 0 saturated heterocycles. The first-order valence-electron chi connectivity index (χ1n) is 2.78. The summed E-state index contributed by atoms with van der Waals surface area (Å²) < 4.78 is 0. The molecule has 0 aromatic heterocycles. The lowest BCUT2D eigenvalue weighted by molar-refractivity contribution is 0.946. The Morgan fingerprint density at radius 3 is 2.44 bits per heavy atom. The van der Waals surface area contributed by atoms with Gasteiger partial charge in [-0.15, -0.1) is 0 Å². The zero-order chi connectivity index (χ0) is 6.53. The number of hydrogen-bond acceptors (Lipinski definition) is 1. The summed E-state index contributed by atoms with van der Waals surface area (Å²) in [5, 5.41) is 3.01. The van der Waals surface area contributed by atoms with Crippen LogP contribution in [0, 0.1) is 0 Å². The van der Waals surface area contributed by atoms with Gasteiger partial charge in [-0.3, -0.25) is 0 Å². The summed E-state index contributed by atoms with van der Waals surface area (Å²) >= 11 is 0. The lowest BCUT2D eigenvalue weighted by Crippen LogP contribution is -1.85. The van der Waals surface area contributed by atoms with E-state index in [4.69, 9.17) is 5.53 Å². The fraction of sp³-hybridized carbons (Fsp3) is 0.143. The van der Waals surface area contributed by atoms with E-state index in [0.717, 1.165) is 5.56 Å². The van der Waals surface area contributed by atoms with Crippen LogP contribution in [-0.2, 0) is 6.54 Å². The van der Waals surface area contributed by atoms with E-state index in [-0.39, 0.29) is 0 Å². The normalized spacial score (nSPS) is 8.89. The van der Waals surface area contributed by atoms with E-state index in [2.05, 4.69) is 5.11 Å². The molecule has 2 nitrogen and oxygen atoms in total. The quantitative estimate of drug-likeness (QED) is 0.529. The summed E-state index contributed by atoms with van der Waals surface area (Å²) in [4.78, 5) is 0. The van der Waals surface area contributed by atoms with Crippen LogP contribution in [0.5, 0.6) is 0 Å². The molecule has 0 fully saturated rings. The fourth-order valence-electron chi connectivity index (χ4n) is 0.665. The van der Waals surface area contributed by atoms with Gasteiger partial charge in [-0.05, 0) is 0 Å². The van der Waals surface area contributed by atoms with Gasteiger partial charge in [0, 0.05) is 5.56 Å². The standard InChI is InChI=1S/C7H7N2/c8-9-6-7-4-2-1-3-5-7/h1-5H,6H2. The van der Waals surface area contributed by atoms with Gasteiger partial charge in [0.05, 0.1) is 0 Å². The summed E-state index contributed by atoms with van der Waals surface area (Å²) in [5.41, 5.74) is 9.17. The van der Waals surface area contributed by atoms with Crippen molar-refractivity contribution in [2.45, 2.75) is 6.54 Å². The maximum Gasteiger partial charge on any atom is 0.222 e. The van der Waals surface area contributed by atoms with Gasteiger partial charge in [-0.2, -0.15) is 0 Å². The Morgan fingerprint density at radius 1 is 1.22 bits per heavy atom. The summed E-state index contributed by atoms with van der Waals surface area (Å²) in [6, 6.07) is 9.60. The molecule has 0 aliphatic carbocycles. The Bertz CT molecular complexity index is 181. The van der Waals surface area contributed by atoms with Gasteiger partial charge < -0.3 is 5.53 Å². The molecule has 2 heteroatoms. The molecule has 0 amide bonds. The van der Waals surface area contributed by atoms with E-state index >= 15 is 0 Å². The average molecular weight is 119 g/mol. The van der Waals surface area contributed by atoms with Crippen molar-refractivity contribution in [3.8, 4) is 0 Å². The monoisotopic (exact) mass is 119 g/mol. The smallest absolute Gasteiger partial charge is 0.222 e. The largest absolute Gasteiger partial charge is 0.432 e. The van der Waals surface area contributed by atoms with Gasteiger partial charge in [-0.1, -0.05) is 35.4 Å². The molecule has 1 aromatic carbocycles. The van der Waals surface area contributed by atoms with Crippen molar-refractivity contribution >= 4 is 0 Å². The van der Waals surface area contributed by atoms with Crippen molar-refractivity contribution in [1.29, 1.82) is 0 Å². The average Bonchev–Trinajstić information content (AvgIpc) is 1.91. The molecule has 0 bridgehead atoms. The van der Waals surface area contributed by atoms with E-state index < -0.39 is 0 Å². The van der Waals surface area contributed by atoms with Gasteiger partial charge in [0.2, 0.25) is 6.54 Å². The minimum Gasteiger partial charge on any atom is -0.432 e. The highest BCUT2D eigenvalue weighted by molar-refractivity contribution is 5.13. The SMILES string of the molecule is [N-]=[N+]Cc1ccccc1. The molecule has 0 heterocycles. The molecule has 0 aliphatic rings. The first-order valence-corrected chi connectivity index (χ1v) is 2.78. The first-order chi connectivity index (χ1) is 4.43. The summed E-state index contributed by atoms with van der Waals surface area (Å²) in [5.74, 6) is 0. The predicted octanol–water partition coefficient (Wildman–Crippen LogP) is 1.54. The number of benzene rings is 1. The molecule has 1 radical (unpaired) electrons. The molecule has 0 spiro atoms. The third-order valence-corrected chi connectivity index (χ3v) is 1.10. The lowest BCUT2D eigenvalue weighted by Gasteiger charge is -1.85. The topological polar surface area (TPSA) is 36.4 Å². The van der Waals surface area contributed by atoms with Crippen LogP contribution in [0.3, 0.4) is 0 Å². The van der Waals surface area contributed by atoms with Gasteiger partial charge in [0.15, 0.2) is 0 Å². The molecule has 1 rings (SSSR count). The number of hydrogen-bond donors (Lipinski definition) is 0. The van der Waals surface area contributed by atoms with E-state index in [9.17, 15) is 0 Å². The van der Waals surface area contributed by atoms with Gasteiger partial charge >= 0.3 is 0 Å². The molecular weight excluding hydrogens is 112 g/mol. The van der Waals surface area contributed by atoms with Gasteiger partial charge in [-0.25, -0.2) is 0 Å². The molecule has 1 aromatic rings. The molecule has 0 unspecified atom stereocenters. The molecule has 0 atom stereocenters. The van der Waals surface area contributed by atoms with Crippen molar-refractivity contribution in [2.75, 3.05) is 0 Å². The number of nitrogens with zero attached hydrogens (tertiary/aromatic N) is 2. The van der Waals surface area contributed by atoms with Crippen LogP contribution in [0.1, 0.15) is 5.56 Å². The molecule has 0 N–H and O–H groups in total. The minimum atomic E-state index is 0.390. The Hall–Kier alpha value is -1.18.